The molecule has 1 aromatic heterocycles. The highest BCUT2D eigenvalue weighted by atomic mass is 19.1. The Hall–Kier alpha value is -4.29. The van der Waals surface area contributed by atoms with Crippen molar-refractivity contribution in [2.45, 2.75) is 11.8 Å². The number of hydrogen-bond acceptors (Lipinski definition) is 8. The van der Waals surface area contributed by atoms with E-state index in [1.54, 1.807) is 30.3 Å². The Morgan fingerprint density at radius 1 is 1.25 bits per heavy atom. The summed E-state index contributed by atoms with van der Waals surface area (Å²) in [6, 6.07) is 14.7. The summed E-state index contributed by atoms with van der Waals surface area (Å²) in [4.78, 5) is 23.0. The molecule has 0 bridgehead atoms. The van der Waals surface area contributed by atoms with Gasteiger partial charge < -0.3 is 20.9 Å². The quantitative estimate of drug-likeness (QED) is 0.406. The van der Waals surface area contributed by atoms with Crippen LogP contribution in [-0.2, 0) is 10.2 Å². The summed E-state index contributed by atoms with van der Waals surface area (Å²) in [6.07, 6.45) is 5.54. The Bertz CT molecular complexity index is 1380. The molecule has 1 spiro atoms. The summed E-state index contributed by atoms with van der Waals surface area (Å²) in [6.45, 7) is 1.45. The number of nitrogens with one attached hydrogen (secondary N) is 3. The van der Waals surface area contributed by atoms with Crippen molar-refractivity contribution in [2.24, 2.45) is 5.92 Å². The van der Waals surface area contributed by atoms with Gasteiger partial charge >= 0.3 is 0 Å². The highest BCUT2D eigenvalue weighted by Crippen LogP contribution is 2.60. The number of rotatable bonds is 8. The fraction of sp³-hybridized carbons (Fsp3) is 0.259. The summed E-state index contributed by atoms with van der Waals surface area (Å²) >= 11 is 0. The largest absolute Gasteiger partial charge is 0.384 e. The van der Waals surface area contributed by atoms with Crippen molar-refractivity contribution in [1.29, 1.82) is 5.26 Å². The molecule has 0 saturated heterocycles. The first-order valence-electron chi connectivity index (χ1n) is 11.7. The van der Waals surface area contributed by atoms with E-state index in [0.29, 0.717) is 23.5 Å². The Balaban J connectivity index is 1.29. The number of likely N-dealkylation sites (N-methyl/N-ethyl adjacent to an activating group) is 1. The van der Waals surface area contributed by atoms with Crippen molar-refractivity contribution < 1.29 is 9.18 Å². The number of hydrogen-bond donors (Lipinski definition) is 3. The van der Waals surface area contributed by atoms with Gasteiger partial charge in [-0.15, -0.1) is 0 Å². The minimum atomic E-state index is -0.581. The third-order valence-electron chi connectivity index (χ3n) is 6.60. The van der Waals surface area contributed by atoms with Gasteiger partial charge in [0.2, 0.25) is 5.95 Å². The van der Waals surface area contributed by atoms with E-state index < -0.39 is 5.82 Å². The van der Waals surface area contributed by atoms with Gasteiger partial charge in [-0.1, -0.05) is 12.1 Å². The summed E-state index contributed by atoms with van der Waals surface area (Å²) in [5, 5.41) is 18.4. The molecule has 0 radical (unpaired) electrons. The van der Waals surface area contributed by atoms with Gasteiger partial charge in [0, 0.05) is 41.5 Å². The van der Waals surface area contributed by atoms with Crippen LogP contribution in [0.4, 0.5) is 33.2 Å². The van der Waals surface area contributed by atoms with Crippen LogP contribution >= 0.6 is 0 Å². The van der Waals surface area contributed by atoms with Crippen molar-refractivity contribution in [1.82, 2.24) is 14.9 Å². The maximum Gasteiger partial charge on any atom is 0.229 e. The molecule has 2 aromatic carbocycles. The first-order valence-corrected chi connectivity index (χ1v) is 11.7. The molecule has 182 valence electrons. The number of halogens is 1. The number of aromatic nitrogens is 2. The number of benzene rings is 2. The van der Waals surface area contributed by atoms with Crippen LogP contribution in [0.15, 0.2) is 60.8 Å². The molecule has 1 unspecified atom stereocenters. The van der Waals surface area contributed by atoms with Crippen LogP contribution in [0.5, 0.6) is 0 Å². The molecule has 0 amide bonds. The molecule has 1 aliphatic carbocycles. The molecule has 1 saturated carbocycles. The molecule has 2 aliphatic rings. The van der Waals surface area contributed by atoms with E-state index in [1.807, 2.05) is 43.3 Å². The minimum Gasteiger partial charge on any atom is -0.384 e. The van der Waals surface area contributed by atoms with E-state index in [0.717, 1.165) is 30.4 Å². The second kappa shape index (κ2) is 9.40. The van der Waals surface area contributed by atoms with Crippen LogP contribution in [0.2, 0.25) is 0 Å². The topological polar surface area (TPSA) is 106 Å². The van der Waals surface area contributed by atoms with Crippen LogP contribution in [0.3, 0.4) is 0 Å². The lowest BCUT2D eigenvalue weighted by atomic mass is 9.93. The summed E-state index contributed by atoms with van der Waals surface area (Å²) < 4.78 is 14.5. The van der Waals surface area contributed by atoms with E-state index >= 15 is 0 Å². The van der Waals surface area contributed by atoms with Crippen molar-refractivity contribution in [3.05, 3.63) is 77.8 Å². The SMILES string of the molecule is CN(C)C/C=C/C(=O)C1C[C@@]12CNc1cc(Nc3nc(Nc4ccc(C#N)cc4)ncc3F)ccc12. The van der Waals surface area contributed by atoms with Gasteiger partial charge in [0.25, 0.3) is 0 Å². The Morgan fingerprint density at radius 2 is 2.03 bits per heavy atom. The summed E-state index contributed by atoms with van der Waals surface area (Å²) in [5.74, 6) is -0.164. The number of fused-ring (bicyclic) bond motifs is 2. The number of carbonyl (C=O) groups excluding carboxylic acids is 1. The van der Waals surface area contributed by atoms with Crippen LogP contribution in [0.25, 0.3) is 0 Å². The smallest absolute Gasteiger partial charge is 0.229 e. The van der Waals surface area contributed by atoms with E-state index in [-0.39, 0.29) is 28.9 Å². The monoisotopic (exact) mass is 483 g/mol. The van der Waals surface area contributed by atoms with Crippen molar-refractivity contribution in [2.75, 3.05) is 43.1 Å². The van der Waals surface area contributed by atoms with E-state index in [9.17, 15) is 9.18 Å². The molecule has 2 heterocycles. The fourth-order valence-electron chi connectivity index (χ4n) is 4.63. The maximum atomic E-state index is 14.5. The van der Waals surface area contributed by atoms with E-state index in [4.69, 9.17) is 5.26 Å². The third-order valence-corrected chi connectivity index (χ3v) is 6.60. The number of nitriles is 1. The summed E-state index contributed by atoms with van der Waals surface area (Å²) in [5.41, 5.74) is 3.80. The maximum absolute atomic E-state index is 14.5. The minimum absolute atomic E-state index is 0.0151. The van der Waals surface area contributed by atoms with Crippen molar-refractivity contribution in [3.63, 3.8) is 0 Å². The highest BCUT2D eigenvalue weighted by molar-refractivity contribution is 5.97. The van der Waals surface area contributed by atoms with Crippen LogP contribution in [-0.4, -0.2) is 47.8 Å². The summed E-state index contributed by atoms with van der Waals surface area (Å²) in [7, 11) is 3.94. The third kappa shape index (κ3) is 4.63. The molecule has 1 fully saturated rings. The Morgan fingerprint density at radius 3 is 2.78 bits per heavy atom. The number of allylic oxidation sites excluding steroid dienone is 1. The lowest BCUT2D eigenvalue weighted by molar-refractivity contribution is -0.116. The first-order chi connectivity index (χ1) is 17.4. The van der Waals surface area contributed by atoms with Gasteiger partial charge in [0.05, 0.1) is 17.8 Å². The number of ketones is 1. The lowest BCUT2D eigenvalue weighted by Crippen LogP contribution is -2.17. The zero-order valence-electron chi connectivity index (χ0n) is 20.0. The highest BCUT2D eigenvalue weighted by Gasteiger charge is 2.61. The van der Waals surface area contributed by atoms with Crippen LogP contribution in [0, 0.1) is 23.1 Å². The van der Waals surface area contributed by atoms with Crippen LogP contribution < -0.4 is 16.0 Å². The molecular formula is C27H26FN7O. The predicted molar refractivity (Wildman–Crippen MR) is 137 cm³/mol. The second-order valence-corrected chi connectivity index (χ2v) is 9.42. The molecule has 5 rings (SSSR count). The zero-order valence-corrected chi connectivity index (χ0v) is 20.0. The van der Waals surface area contributed by atoms with Gasteiger partial charge in [0.15, 0.2) is 17.4 Å². The zero-order chi connectivity index (χ0) is 25.3. The molecule has 1 aliphatic heterocycles. The molecule has 36 heavy (non-hydrogen) atoms. The first kappa shape index (κ1) is 23.5. The van der Waals surface area contributed by atoms with Gasteiger partial charge in [-0.3, -0.25) is 4.79 Å². The van der Waals surface area contributed by atoms with Crippen molar-refractivity contribution in [3.8, 4) is 6.07 Å². The normalized spacial score (nSPS) is 19.7. The lowest BCUT2D eigenvalue weighted by Gasteiger charge is -2.12. The van der Waals surface area contributed by atoms with Gasteiger partial charge in [-0.25, -0.2) is 9.37 Å². The average molecular weight is 484 g/mol. The number of nitrogens with zero attached hydrogens (tertiary/aromatic N) is 4. The number of anilines is 5. The van der Waals surface area contributed by atoms with Crippen LogP contribution in [0.1, 0.15) is 17.5 Å². The fourth-order valence-corrected chi connectivity index (χ4v) is 4.63. The standard InChI is InChI=1S/C27H26FN7O/c1-35(2)11-3-4-24(36)21-13-27(21)16-31-23-12-19(9-10-20(23)27)32-25-22(28)15-30-26(34-25)33-18-7-5-17(14-29)6-8-18/h3-10,12,15,21,31H,11,13,16H2,1-2H3,(H2,30,32,33,34)/b4-3+/t21?,27-/m0/s1. The molecule has 3 N–H and O–H groups in total. The van der Waals surface area contributed by atoms with Gasteiger partial charge in [-0.05, 0) is 68.6 Å². The Kier molecular flexibility index (Phi) is 6.12. The van der Waals surface area contributed by atoms with Crippen molar-refractivity contribution >= 4 is 34.6 Å². The number of carbonyl (C=O) groups is 1. The van der Waals surface area contributed by atoms with E-state index in [1.165, 1.54) is 0 Å². The molecule has 8 nitrogen and oxygen atoms in total. The van der Waals surface area contributed by atoms with E-state index in [2.05, 4.69) is 32.0 Å². The molecular weight excluding hydrogens is 457 g/mol. The molecule has 3 aromatic rings. The van der Waals surface area contributed by atoms with Gasteiger partial charge in [-0.2, -0.15) is 10.2 Å². The second-order valence-electron chi connectivity index (χ2n) is 9.42. The average Bonchev–Trinajstić information content (AvgIpc) is 3.50. The molecule has 9 heteroatoms. The molecule has 2 atom stereocenters. The predicted octanol–water partition coefficient (Wildman–Crippen LogP) is 4.34. The Labute approximate surface area is 208 Å². The van der Waals surface area contributed by atoms with Gasteiger partial charge in [0.1, 0.15) is 0 Å².